The van der Waals surface area contributed by atoms with Gasteiger partial charge in [0.15, 0.2) is 0 Å². The maximum absolute atomic E-state index is 3.93. The molecule has 0 bridgehead atoms. The van der Waals surface area contributed by atoms with Crippen LogP contribution < -0.4 is 0 Å². The Morgan fingerprint density at radius 1 is 1.40 bits per heavy atom. The van der Waals surface area contributed by atoms with Gasteiger partial charge in [-0.15, -0.1) is 0 Å². The first-order valence-corrected chi connectivity index (χ1v) is 3.43. The number of allylic oxidation sites excluding steroid dienone is 2. The predicted molar refractivity (Wildman–Crippen MR) is 42.8 cm³/mol. The average molecular weight is 133 g/mol. The number of rotatable bonds is 2. The van der Waals surface area contributed by atoms with Crippen LogP contribution in [0.3, 0.4) is 0 Å². The lowest BCUT2D eigenvalue weighted by atomic mass is 10.2. The summed E-state index contributed by atoms with van der Waals surface area (Å²) in [7, 11) is 0. The zero-order valence-electron chi connectivity index (χ0n) is 6.12. The summed E-state index contributed by atoms with van der Waals surface area (Å²) in [6.07, 6.45) is 8.84. The molecule has 0 aliphatic rings. The molecular weight excluding hydrogens is 122 g/mol. The Bertz CT molecular complexity index is 201. The van der Waals surface area contributed by atoms with Crippen LogP contribution in [0.25, 0.3) is 0 Å². The zero-order chi connectivity index (χ0) is 7.23. The molecule has 0 unspecified atom stereocenters. The van der Waals surface area contributed by atoms with Crippen LogP contribution in [0.1, 0.15) is 12.5 Å². The van der Waals surface area contributed by atoms with E-state index in [0.717, 1.165) is 6.42 Å². The average Bonchev–Trinajstić information content (AvgIpc) is 2.03. The van der Waals surface area contributed by atoms with Crippen LogP contribution in [0, 0.1) is 0 Å². The molecule has 1 aromatic rings. The van der Waals surface area contributed by atoms with E-state index in [1.807, 2.05) is 31.5 Å². The first-order valence-electron chi connectivity index (χ1n) is 3.43. The summed E-state index contributed by atoms with van der Waals surface area (Å²) in [5.41, 5.74) is 1.31. The molecule has 0 atom stereocenters. The van der Waals surface area contributed by atoms with Crippen molar-refractivity contribution in [3.05, 3.63) is 42.2 Å². The molecule has 1 rings (SSSR count). The van der Waals surface area contributed by atoms with E-state index >= 15 is 0 Å². The van der Waals surface area contributed by atoms with Crippen molar-refractivity contribution in [3.8, 4) is 0 Å². The number of pyridine rings is 1. The Morgan fingerprint density at radius 2 is 2.10 bits per heavy atom. The zero-order valence-corrected chi connectivity index (χ0v) is 6.12. The van der Waals surface area contributed by atoms with E-state index in [-0.39, 0.29) is 0 Å². The van der Waals surface area contributed by atoms with Gasteiger partial charge in [-0.1, -0.05) is 12.2 Å². The maximum atomic E-state index is 3.93. The van der Waals surface area contributed by atoms with Gasteiger partial charge in [-0.2, -0.15) is 0 Å². The summed E-state index contributed by atoms with van der Waals surface area (Å²) in [5.74, 6) is 0. The molecule has 52 valence electrons. The Morgan fingerprint density at radius 3 is 2.70 bits per heavy atom. The highest BCUT2D eigenvalue weighted by Crippen LogP contribution is 1.97. The second kappa shape index (κ2) is 3.83. The monoisotopic (exact) mass is 133 g/mol. The van der Waals surface area contributed by atoms with Crippen molar-refractivity contribution < 1.29 is 0 Å². The molecule has 1 aromatic heterocycles. The molecule has 0 radical (unpaired) electrons. The molecule has 1 nitrogen and oxygen atoms in total. The predicted octanol–water partition coefficient (Wildman–Crippen LogP) is 2.20. The van der Waals surface area contributed by atoms with Gasteiger partial charge >= 0.3 is 0 Å². The Balaban J connectivity index is 2.59. The smallest absolute Gasteiger partial charge is 0.0270 e. The van der Waals surface area contributed by atoms with Crippen molar-refractivity contribution in [2.75, 3.05) is 0 Å². The third-order valence-corrected chi connectivity index (χ3v) is 1.34. The van der Waals surface area contributed by atoms with Gasteiger partial charge in [0, 0.05) is 12.4 Å². The highest BCUT2D eigenvalue weighted by molar-refractivity contribution is 5.13. The van der Waals surface area contributed by atoms with E-state index in [9.17, 15) is 0 Å². The molecule has 0 spiro atoms. The van der Waals surface area contributed by atoms with E-state index < -0.39 is 0 Å². The first-order chi connectivity index (χ1) is 4.93. The van der Waals surface area contributed by atoms with Crippen molar-refractivity contribution >= 4 is 0 Å². The standard InChI is InChI=1S/C9H11N/c1-2-3-4-9-5-7-10-8-6-9/h2-3,5-8H,4H2,1H3/b3-2-. The van der Waals surface area contributed by atoms with Gasteiger partial charge in [0.2, 0.25) is 0 Å². The molecule has 0 saturated carbocycles. The van der Waals surface area contributed by atoms with E-state index in [0.29, 0.717) is 0 Å². The van der Waals surface area contributed by atoms with Gasteiger partial charge in [-0.3, -0.25) is 4.98 Å². The Labute approximate surface area is 61.4 Å². The third kappa shape index (κ3) is 2.02. The summed E-state index contributed by atoms with van der Waals surface area (Å²) < 4.78 is 0. The van der Waals surface area contributed by atoms with Crippen LogP contribution in [0.4, 0.5) is 0 Å². The van der Waals surface area contributed by atoms with Crippen LogP contribution in [0.2, 0.25) is 0 Å². The van der Waals surface area contributed by atoms with Crippen LogP contribution in [0.5, 0.6) is 0 Å². The fourth-order valence-corrected chi connectivity index (χ4v) is 0.773. The topological polar surface area (TPSA) is 12.9 Å². The number of nitrogens with zero attached hydrogens (tertiary/aromatic N) is 1. The van der Waals surface area contributed by atoms with Crippen LogP contribution in [-0.4, -0.2) is 4.98 Å². The normalized spacial score (nSPS) is 10.5. The molecule has 0 saturated heterocycles. The van der Waals surface area contributed by atoms with E-state index in [1.54, 1.807) is 0 Å². The molecule has 10 heavy (non-hydrogen) atoms. The SMILES string of the molecule is C/C=C\Cc1ccncc1. The fourth-order valence-electron chi connectivity index (χ4n) is 0.773. The molecule has 0 aliphatic heterocycles. The van der Waals surface area contributed by atoms with Crippen LogP contribution in [-0.2, 0) is 6.42 Å². The summed E-state index contributed by atoms with van der Waals surface area (Å²) in [6.45, 7) is 2.03. The Kier molecular flexibility index (Phi) is 2.68. The van der Waals surface area contributed by atoms with Crippen LogP contribution in [0.15, 0.2) is 36.7 Å². The summed E-state index contributed by atoms with van der Waals surface area (Å²) >= 11 is 0. The molecular formula is C9H11N. The van der Waals surface area contributed by atoms with E-state index in [4.69, 9.17) is 0 Å². The van der Waals surface area contributed by atoms with Gasteiger partial charge in [-0.25, -0.2) is 0 Å². The first kappa shape index (κ1) is 7.00. The number of hydrogen-bond donors (Lipinski definition) is 0. The highest BCUT2D eigenvalue weighted by atomic mass is 14.6. The molecule has 1 heterocycles. The summed E-state index contributed by atoms with van der Waals surface area (Å²) in [4.78, 5) is 3.93. The van der Waals surface area contributed by atoms with Gasteiger partial charge in [0.25, 0.3) is 0 Å². The third-order valence-electron chi connectivity index (χ3n) is 1.34. The quantitative estimate of drug-likeness (QED) is 0.563. The lowest BCUT2D eigenvalue weighted by Crippen LogP contribution is -1.79. The molecule has 0 N–H and O–H groups in total. The molecule has 0 amide bonds. The van der Waals surface area contributed by atoms with Gasteiger partial charge in [0.05, 0.1) is 0 Å². The number of aromatic nitrogens is 1. The minimum atomic E-state index is 1.01. The van der Waals surface area contributed by atoms with Gasteiger partial charge in [0.1, 0.15) is 0 Å². The molecule has 0 aliphatic carbocycles. The molecule has 0 fully saturated rings. The minimum absolute atomic E-state index is 1.01. The van der Waals surface area contributed by atoms with E-state index in [2.05, 4.69) is 17.1 Å². The second-order valence-electron chi connectivity index (χ2n) is 2.13. The molecule has 1 heteroatoms. The lowest BCUT2D eigenvalue weighted by Gasteiger charge is -1.91. The number of hydrogen-bond acceptors (Lipinski definition) is 1. The lowest BCUT2D eigenvalue weighted by molar-refractivity contribution is 1.21. The molecule has 0 aromatic carbocycles. The summed E-state index contributed by atoms with van der Waals surface area (Å²) in [6, 6.07) is 4.06. The van der Waals surface area contributed by atoms with E-state index in [1.165, 1.54) is 5.56 Å². The Hall–Kier alpha value is -1.11. The summed E-state index contributed by atoms with van der Waals surface area (Å²) in [5, 5.41) is 0. The minimum Gasteiger partial charge on any atom is -0.265 e. The van der Waals surface area contributed by atoms with Crippen molar-refractivity contribution in [1.82, 2.24) is 4.98 Å². The van der Waals surface area contributed by atoms with Crippen molar-refractivity contribution in [3.63, 3.8) is 0 Å². The van der Waals surface area contributed by atoms with Crippen LogP contribution >= 0.6 is 0 Å². The van der Waals surface area contributed by atoms with Gasteiger partial charge < -0.3 is 0 Å². The van der Waals surface area contributed by atoms with Crippen molar-refractivity contribution in [2.24, 2.45) is 0 Å². The fraction of sp³-hybridized carbons (Fsp3) is 0.222. The highest BCUT2D eigenvalue weighted by Gasteiger charge is 1.83. The maximum Gasteiger partial charge on any atom is 0.0270 e. The van der Waals surface area contributed by atoms with Gasteiger partial charge in [-0.05, 0) is 31.0 Å². The second-order valence-corrected chi connectivity index (χ2v) is 2.13. The van der Waals surface area contributed by atoms with Crippen molar-refractivity contribution in [1.29, 1.82) is 0 Å². The largest absolute Gasteiger partial charge is 0.265 e. The van der Waals surface area contributed by atoms with Crippen molar-refractivity contribution in [2.45, 2.75) is 13.3 Å².